The van der Waals surface area contributed by atoms with E-state index in [0.29, 0.717) is 0 Å². The first kappa shape index (κ1) is 7.48. The lowest BCUT2D eigenvalue weighted by atomic mass is 10.2. The molecular formula is C6H10O2. The number of ether oxygens (including phenoxy) is 1. The maximum atomic E-state index is 8.77. The van der Waals surface area contributed by atoms with E-state index in [1.807, 2.05) is 0 Å². The van der Waals surface area contributed by atoms with E-state index >= 15 is 0 Å². The average molecular weight is 114 g/mol. The second-order valence-electron chi connectivity index (χ2n) is 1.55. The molecule has 0 fully saturated rings. The summed E-state index contributed by atoms with van der Waals surface area (Å²) in [5.74, 6) is 2.15. The Balaban J connectivity index is 3.49. The van der Waals surface area contributed by atoms with Gasteiger partial charge in [0.1, 0.15) is 6.10 Å². The molecule has 0 aromatic rings. The highest BCUT2D eigenvalue weighted by atomic mass is 16.5. The standard InChI is InChI=1S/C6H10O2/c1-4-6(7)5(2)8-3/h1,5-7H,2-3H3/t5?,6-/m1/s1. The lowest BCUT2D eigenvalue weighted by molar-refractivity contribution is 0.0293. The Morgan fingerprint density at radius 1 is 1.75 bits per heavy atom. The summed E-state index contributed by atoms with van der Waals surface area (Å²) in [6.07, 6.45) is 3.83. The highest BCUT2D eigenvalue weighted by Crippen LogP contribution is 1.93. The molecule has 0 aliphatic carbocycles. The van der Waals surface area contributed by atoms with E-state index in [1.165, 1.54) is 7.11 Å². The minimum Gasteiger partial charge on any atom is -0.378 e. The van der Waals surface area contributed by atoms with Crippen LogP contribution in [0.1, 0.15) is 6.92 Å². The van der Waals surface area contributed by atoms with Crippen molar-refractivity contribution in [2.45, 2.75) is 19.1 Å². The first-order valence-corrected chi connectivity index (χ1v) is 2.39. The normalized spacial score (nSPS) is 16.8. The van der Waals surface area contributed by atoms with E-state index in [1.54, 1.807) is 6.92 Å². The van der Waals surface area contributed by atoms with Crippen LogP contribution in [0, 0.1) is 12.3 Å². The Labute approximate surface area is 49.5 Å². The summed E-state index contributed by atoms with van der Waals surface area (Å²) in [6, 6.07) is 0. The van der Waals surface area contributed by atoms with E-state index in [4.69, 9.17) is 16.3 Å². The molecule has 0 aromatic heterocycles. The topological polar surface area (TPSA) is 29.5 Å². The van der Waals surface area contributed by atoms with Crippen molar-refractivity contribution in [2.75, 3.05) is 7.11 Å². The van der Waals surface area contributed by atoms with E-state index in [9.17, 15) is 0 Å². The van der Waals surface area contributed by atoms with Crippen molar-refractivity contribution in [3.05, 3.63) is 0 Å². The fourth-order valence-electron chi connectivity index (χ4n) is 0.264. The Morgan fingerprint density at radius 2 is 2.25 bits per heavy atom. The molecule has 0 aliphatic rings. The Hall–Kier alpha value is -0.520. The Kier molecular flexibility index (Phi) is 3.25. The van der Waals surface area contributed by atoms with Gasteiger partial charge in [0.15, 0.2) is 0 Å². The third-order valence-corrected chi connectivity index (χ3v) is 0.987. The van der Waals surface area contributed by atoms with Crippen LogP contribution in [0.25, 0.3) is 0 Å². The summed E-state index contributed by atoms with van der Waals surface area (Å²) in [6.45, 7) is 1.71. The molecule has 0 spiro atoms. The molecule has 46 valence electrons. The third-order valence-electron chi connectivity index (χ3n) is 0.987. The van der Waals surface area contributed by atoms with Crippen LogP contribution in [-0.4, -0.2) is 24.4 Å². The number of terminal acetylenes is 1. The molecule has 0 heterocycles. The largest absolute Gasteiger partial charge is 0.378 e. The van der Waals surface area contributed by atoms with Crippen molar-refractivity contribution in [1.29, 1.82) is 0 Å². The molecule has 0 radical (unpaired) electrons. The van der Waals surface area contributed by atoms with Gasteiger partial charge in [0.05, 0.1) is 6.10 Å². The Morgan fingerprint density at radius 3 is 2.38 bits per heavy atom. The predicted molar refractivity (Wildman–Crippen MR) is 31.3 cm³/mol. The molecule has 2 heteroatoms. The van der Waals surface area contributed by atoms with Gasteiger partial charge in [-0.1, -0.05) is 5.92 Å². The lowest BCUT2D eigenvalue weighted by Gasteiger charge is -2.09. The molecule has 0 saturated heterocycles. The van der Waals surface area contributed by atoms with E-state index < -0.39 is 6.10 Å². The fourth-order valence-corrected chi connectivity index (χ4v) is 0.264. The Bertz CT molecular complexity index is 93.2. The number of aliphatic hydroxyl groups is 1. The van der Waals surface area contributed by atoms with E-state index in [-0.39, 0.29) is 6.10 Å². The van der Waals surface area contributed by atoms with E-state index in [2.05, 4.69) is 5.92 Å². The average Bonchev–Trinajstić information content (AvgIpc) is 1.84. The number of methoxy groups -OCH3 is 1. The van der Waals surface area contributed by atoms with Crippen LogP contribution in [0.15, 0.2) is 0 Å². The molecule has 0 aliphatic heterocycles. The zero-order valence-electron chi connectivity index (χ0n) is 5.09. The van der Waals surface area contributed by atoms with Crippen molar-refractivity contribution in [3.8, 4) is 12.3 Å². The molecule has 0 amide bonds. The molecule has 8 heavy (non-hydrogen) atoms. The number of rotatable bonds is 2. The minimum absolute atomic E-state index is 0.264. The van der Waals surface area contributed by atoms with Gasteiger partial charge >= 0.3 is 0 Å². The van der Waals surface area contributed by atoms with Crippen LogP contribution in [0.4, 0.5) is 0 Å². The maximum Gasteiger partial charge on any atom is 0.140 e. The molecule has 1 N–H and O–H groups in total. The quantitative estimate of drug-likeness (QED) is 0.513. The van der Waals surface area contributed by atoms with Crippen LogP contribution in [0.2, 0.25) is 0 Å². The summed E-state index contributed by atoms with van der Waals surface area (Å²) in [5, 5.41) is 8.77. The van der Waals surface area contributed by atoms with Crippen LogP contribution in [-0.2, 0) is 4.74 Å². The van der Waals surface area contributed by atoms with Gasteiger partial charge in [-0.25, -0.2) is 0 Å². The molecule has 0 bridgehead atoms. The molecule has 0 saturated carbocycles. The maximum absolute atomic E-state index is 8.77. The van der Waals surface area contributed by atoms with Crippen molar-refractivity contribution >= 4 is 0 Å². The zero-order valence-corrected chi connectivity index (χ0v) is 5.09. The van der Waals surface area contributed by atoms with Crippen molar-refractivity contribution in [2.24, 2.45) is 0 Å². The molecule has 0 rings (SSSR count). The fraction of sp³-hybridized carbons (Fsp3) is 0.667. The summed E-state index contributed by atoms with van der Waals surface area (Å²) in [5.41, 5.74) is 0. The van der Waals surface area contributed by atoms with Crippen LogP contribution in [0.5, 0.6) is 0 Å². The summed E-state index contributed by atoms with van der Waals surface area (Å²) < 4.78 is 4.71. The zero-order chi connectivity index (χ0) is 6.57. The van der Waals surface area contributed by atoms with E-state index in [0.717, 1.165) is 0 Å². The van der Waals surface area contributed by atoms with Crippen molar-refractivity contribution < 1.29 is 9.84 Å². The number of hydrogen-bond acceptors (Lipinski definition) is 2. The smallest absolute Gasteiger partial charge is 0.140 e. The summed E-state index contributed by atoms with van der Waals surface area (Å²) in [7, 11) is 1.51. The molecule has 2 atom stereocenters. The van der Waals surface area contributed by atoms with Crippen molar-refractivity contribution in [3.63, 3.8) is 0 Å². The third kappa shape index (κ3) is 1.97. The predicted octanol–water partition coefficient (Wildman–Crippen LogP) is 0.0154. The second kappa shape index (κ2) is 3.48. The minimum atomic E-state index is -0.778. The monoisotopic (exact) mass is 114 g/mol. The van der Waals surface area contributed by atoms with Gasteiger partial charge in [-0.2, -0.15) is 0 Å². The highest BCUT2D eigenvalue weighted by Gasteiger charge is 2.07. The SMILES string of the molecule is C#C[C@@H](O)C(C)OC. The summed E-state index contributed by atoms with van der Waals surface area (Å²) >= 11 is 0. The van der Waals surface area contributed by atoms with Gasteiger partial charge in [-0.3, -0.25) is 0 Å². The van der Waals surface area contributed by atoms with Gasteiger partial charge < -0.3 is 9.84 Å². The highest BCUT2D eigenvalue weighted by molar-refractivity contribution is 4.96. The van der Waals surface area contributed by atoms with Crippen LogP contribution in [0.3, 0.4) is 0 Å². The molecular weight excluding hydrogens is 104 g/mol. The molecule has 2 nitrogen and oxygen atoms in total. The van der Waals surface area contributed by atoms with Gasteiger partial charge in [0.2, 0.25) is 0 Å². The van der Waals surface area contributed by atoms with Crippen molar-refractivity contribution in [1.82, 2.24) is 0 Å². The van der Waals surface area contributed by atoms with Crippen LogP contribution < -0.4 is 0 Å². The summed E-state index contributed by atoms with van der Waals surface area (Å²) in [4.78, 5) is 0. The molecule has 1 unspecified atom stereocenters. The lowest BCUT2D eigenvalue weighted by Crippen LogP contribution is -2.22. The first-order chi connectivity index (χ1) is 3.72. The van der Waals surface area contributed by atoms with Gasteiger partial charge in [0.25, 0.3) is 0 Å². The second-order valence-corrected chi connectivity index (χ2v) is 1.55. The first-order valence-electron chi connectivity index (χ1n) is 2.39. The number of hydrogen-bond donors (Lipinski definition) is 1. The van der Waals surface area contributed by atoms with Crippen LogP contribution >= 0.6 is 0 Å². The number of aliphatic hydroxyl groups excluding tert-OH is 1. The van der Waals surface area contributed by atoms with Gasteiger partial charge in [-0.15, -0.1) is 6.42 Å². The molecule has 0 aromatic carbocycles. The van der Waals surface area contributed by atoms with Gasteiger partial charge in [0, 0.05) is 7.11 Å². The van der Waals surface area contributed by atoms with Gasteiger partial charge in [-0.05, 0) is 6.92 Å².